The average molecular weight is 452 g/mol. The van der Waals surface area contributed by atoms with Gasteiger partial charge in [0.25, 0.3) is 0 Å². The second-order valence-electron chi connectivity index (χ2n) is 9.26. The molecule has 1 aromatic heterocycles. The number of Topliss-reactive ketones (excluding diaryl/α,β-unsaturated/α-hetero) is 1. The summed E-state index contributed by atoms with van der Waals surface area (Å²) < 4.78 is 0. The van der Waals surface area contributed by atoms with Gasteiger partial charge in [0.2, 0.25) is 5.95 Å². The van der Waals surface area contributed by atoms with Crippen molar-refractivity contribution >= 4 is 28.5 Å². The summed E-state index contributed by atoms with van der Waals surface area (Å²) in [6.07, 6.45) is 1.64. The lowest BCUT2D eigenvalue weighted by molar-refractivity contribution is 0.0964. The van der Waals surface area contributed by atoms with Crippen LogP contribution in [0.4, 0.5) is 11.6 Å². The van der Waals surface area contributed by atoms with Gasteiger partial charge in [0.1, 0.15) is 5.52 Å². The Hall–Kier alpha value is -3.64. The summed E-state index contributed by atoms with van der Waals surface area (Å²) in [5.41, 5.74) is 8.93. The van der Waals surface area contributed by atoms with Gasteiger partial charge in [-0.15, -0.1) is 10.2 Å². The van der Waals surface area contributed by atoms with E-state index in [1.54, 1.807) is 0 Å². The first-order valence-electron chi connectivity index (χ1n) is 11.8. The molecule has 0 spiro atoms. The summed E-state index contributed by atoms with van der Waals surface area (Å²) in [6, 6.07) is 18.1. The number of carbonyl (C=O) groups excluding carboxylic acids is 1. The number of benzene rings is 3. The first-order valence-corrected chi connectivity index (χ1v) is 11.8. The van der Waals surface area contributed by atoms with E-state index in [2.05, 4.69) is 71.9 Å². The number of nitrogens with zero attached hydrogens (tertiary/aromatic N) is 3. The van der Waals surface area contributed by atoms with Gasteiger partial charge >= 0.3 is 0 Å². The van der Waals surface area contributed by atoms with Crippen LogP contribution in [-0.4, -0.2) is 34.1 Å². The van der Waals surface area contributed by atoms with Crippen LogP contribution in [0, 0.1) is 26.7 Å². The lowest BCUT2D eigenvalue weighted by Crippen LogP contribution is -2.13. The monoisotopic (exact) mass is 451 g/mol. The Balaban J connectivity index is 1.40. The molecule has 1 aliphatic rings. The van der Waals surface area contributed by atoms with Crippen molar-refractivity contribution in [3.05, 3.63) is 76.9 Å². The van der Waals surface area contributed by atoms with E-state index < -0.39 is 0 Å². The Kier molecular flexibility index (Phi) is 6.07. The second-order valence-corrected chi connectivity index (χ2v) is 9.26. The molecule has 3 aromatic carbocycles. The molecule has 6 nitrogen and oxygen atoms in total. The molecule has 1 unspecified atom stereocenters. The lowest BCUT2D eigenvalue weighted by Gasteiger charge is -2.13. The molecule has 6 heteroatoms. The van der Waals surface area contributed by atoms with Crippen LogP contribution in [0.15, 0.2) is 54.6 Å². The van der Waals surface area contributed by atoms with Crippen molar-refractivity contribution in [2.24, 2.45) is 5.92 Å². The van der Waals surface area contributed by atoms with Gasteiger partial charge in [-0.3, -0.25) is 4.79 Å². The highest BCUT2D eigenvalue weighted by Gasteiger charge is 2.19. The molecule has 5 rings (SSSR count). The molecule has 0 amide bonds. The molecule has 0 aliphatic carbocycles. The Bertz CT molecular complexity index is 1350. The van der Waals surface area contributed by atoms with Gasteiger partial charge in [0.05, 0.1) is 5.52 Å². The van der Waals surface area contributed by atoms with Crippen molar-refractivity contribution in [2.45, 2.75) is 33.6 Å². The summed E-state index contributed by atoms with van der Waals surface area (Å²) >= 11 is 0. The second kappa shape index (κ2) is 9.31. The summed E-state index contributed by atoms with van der Waals surface area (Å²) in [4.78, 5) is 17.5. The zero-order valence-electron chi connectivity index (χ0n) is 19.9. The SMILES string of the molecule is Cc1cccc(C)c1-c1cc(C)c2nc(Nc3cccc(C(=O)CC4CCNC4)c3)nnc2c1. The van der Waals surface area contributed by atoms with Crippen LogP contribution in [0.1, 0.15) is 39.9 Å². The number of anilines is 2. The largest absolute Gasteiger partial charge is 0.323 e. The summed E-state index contributed by atoms with van der Waals surface area (Å²) in [5, 5.41) is 15.3. The van der Waals surface area contributed by atoms with Gasteiger partial charge < -0.3 is 10.6 Å². The molecule has 0 saturated carbocycles. The zero-order valence-corrected chi connectivity index (χ0v) is 19.9. The van der Waals surface area contributed by atoms with Crippen LogP contribution in [0.5, 0.6) is 0 Å². The Morgan fingerprint density at radius 1 is 1.00 bits per heavy atom. The van der Waals surface area contributed by atoms with Crippen molar-refractivity contribution < 1.29 is 4.79 Å². The minimum atomic E-state index is 0.171. The van der Waals surface area contributed by atoms with Crippen LogP contribution in [0.3, 0.4) is 0 Å². The molecule has 2 heterocycles. The summed E-state index contributed by atoms with van der Waals surface area (Å²) in [7, 11) is 0. The molecule has 1 aliphatic heterocycles. The Morgan fingerprint density at radius 3 is 2.56 bits per heavy atom. The topological polar surface area (TPSA) is 79.8 Å². The maximum atomic E-state index is 12.7. The van der Waals surface area contributed by atoms with Crippen LogP contribution in [0.2, 0.25) is 0 Å². The molecule has 172 valence electrons. The van der Waals surface area contributed by atoms with Gasteiger partial charge in [-0.1, -0.05) is 30.3 Å². The van der Waals surface area contributed by atoms with Gasteiger partial charge in [0, 0.05) is 17.7 Å². The molecule has 34 heavy (non-hydrogen) atoms. The molecule has 1 fully saturated rings. The smallest absolute Gasteiger partial charge is 0.247 e. The number of aryl methyl sites for hydroxylation is 3. The quantitative estimate of drug-likeness (QED) is 0.375. The Morgan fingerprint density at radius 2 is 1.79 bits per heavy atom. The van der Waals surface area contributed by atoms with E-state index in [4.69, 9.17) is 4.98 Å². The fraction of sp³-hybridized carbons (Fsp3) is 0.286. The van der Waals surface area contributed by atoms with Crippen molar-refractivity contribution in [3.63, 3.8) is 0 Å². The summed E-state index contributed by atoms with van der Waals surface area (Å²) in [5.74, 6) is 1.01. The van der Waals surface area contributed by atoms with E-state index in [9.17, 15) is 4.79 Å². The van der Waals surface area contributed by atoms with Gasteiger partial charge in [-0.2, -0.15) is 0 Å². The number of fused-ring (bicyclic) bond motifs is 1. The van der Waals surface area contributed by atoms with Crippen LogP contribution < -0.4 is 10.6 Å². The molecule has 2 N–H and O–H groups in total. The number of nitrogens with one attached hydrogen (secondary N) is 2. The Labute approximate surface area is 199 Å². The normalized spacial score (nSPS) is 15.6. The molecule has 4 aromatic rings. The molecule has 0 radical (unpaired) electrons. The third-order valence-corrected chi connectivity index (χ3v) is 6.60. The molecular formula is C28H29N5O. The van der Waals surface area contributed by atoms with Gasteiger partial charge in [-0.05, 0) is 98.3 Å². The number of hydrogen-bond donors (Lipinski definition) is 2. The first-order chi connectivity index (χ1) is 16.5. The van der Waals surface area contributed by atoms with E-state index in [1.807, 2.05) is 24.3 Å². The van der Waals surface area contributed by atoms with Crippen molar-refractivity contribution in [1.82, 2.24) is 20.5 Å². The van der Waals surface area contributed by atoms with Crippen molar-refractivity contribution in [1.29, 1.82) is 0 Å². The fourth-order valence-corrected chi connectivity index (χ4v) is 4.85. The molecule has 1 atom stereocenters. The molecular weight excluding hydrogens is 422 g/mol. The molecule has 0 bridgehead atoms. The van der Waals surface area contributed by atoms with E-state index in [1.165, 1.54) is 16.7 Å². The van der Waals surface area contributed by atoms with Gasteiger partial charge in [-0.25, -0.2) is 4.98 Å². The zero-order chi connectivity index (χ0) is 23.7. The van der Waals surface area contributed by atoms with Crippen LogP contribution in [0.25, 0.3) is 22.2 Å². The predicted octanol–water partition coefficient (Wildman–Crippen LogP) is 5.54. The number of carbonyl (C=O) groups is 1. The maximum absolute atomic E-state index is 12.7. The van der Waals surface area contributed by atoms with Crippen molar-refractivity contribution in [3.8, 4) is 11.1 Å². The van der Waals surface area contributed by atoms with E-state index in [-0.39, 0.29) is 5.78 Å². The first kappa shape index (κ1) is 22.2. The highest BCUT2D eigenvalue weighted by atomic mass is 16.1. The third-order valence-electron chi connectivity index (χ3n) is 6.60. The van der Waals surface area contributed by atoms with E-state index in [0.717, 1.165) is 47.4 Å². The summed E-state index contributed by atoms with van der Waals surface area (Å²) in [6.45, 7) is 8.22. The van der Waals surface area contributed by atoms with Crippen LogP contribution >= 0.6 is 0 Å². The standard InChI is InChI=1S/C28H29N5O/c1-17-6-4-7-18(2)26(17)22-12-19(3)27-24(15-22)32-33-28(31-27)30-23-9-5-8-21(14-23)25(34)13-20-10-11-29-16-20/h4-9,12,14-15,20,29H,10-11,13,16H2,1-3H3,(H,30,31,33). The average Bonchev–Trinajstić information content (AvgIpc) is 3.33. The maximum Gasteiger partial charge on any atom is 0.247 e. The number of rotatable bonds is 6. The van der Waals surface area contributed by atoms with E-state index >= 15 is 0 Å². The third kappa shape index (κ3) is 4.54. The highest BCUT2D eigenvalue weighted by molar-refractivity contribution is 5.97. The van der Waals surface area contributed by atoms with Gasteiger partial charge in [0.15, 0.2) is 5.78 Å². The minimum Gasteiger partial charge on any atom is -0.323 e. The minimum absolute atomic E-state index is 0.171. The number of aromatic nitrogens is 3. The number of ketones is 1. The number of hydrogen-bond acceptors (Lipinski definition) is 6. The lowest BCUT2D eigenvalue weighted by atomic mass is 9.94. The highest BCUT2D eigenvalue weighted by Crippen LogP contribution is 2.31. The predicted molar refractivity (Wildman–Crippen MR) is 137 cm³/mol. The van der Waals surface area contributed by atoms with Crippen molar-refractivity contribution in [2.75, 3.05) is 18.4 Å². The molecule has 1 saturated heterocycles. The van der Waals surface area contributed by atoms with E-state index in [0.29, 0.717) is 23.9 Å². The van der Waals surface area contributed by atoms with Crippen LogP contribution in [-0.2, 0) is 0 Å². The fourth-order valence-electron chi connectivity index (χ4n) is 4.85.